The second-order valence-corrected chi connectivity index (χ2v) is 8.15. The lowest BCUT2D eigenvalue weighted by molar-refractivity contribution is 0.123. The third-order valence-corrected chi connectivity index (χ3v) is 6.44. The van der Waals surface area contributed by atoms with Gasteiger partial charge in [-0.05, 0) is 88.7 Å². The highest BCUT2D eigenvalue weighted by Crippen LogP contribution is 2.39. The fourth-order valence-electron chi connectivity index (χ4n) is 5.10. The van der Waals surface area contributed by atoms with Crippen LogP contribution in [0.25, 0.3) is 0 Å². The molecule has 0 aliphatic carbocycles. The molecule has 3 nitrogen and oxygen atoms in total. The summed E-state index contributed by atoms with van der Waals surface area (Å²) >= 11 is 0. The van der Waals surface area contributed by atoms with Gasteiger partial charge in [0.15, 0.2) is 0 Å². The molecule has 0 saturated carbocycles. The molecule has 0 amide bonds. The van der Waals surface area contributed by atoms with Crippen molar-refractivity contribution in [3.63, 3.8) is 0 Å². The van der Waals surface area contributed by atoms with Gasteiger partial charge in [0.1, 0.15) is 5.75 Å². The van der Waals surface area contributed by atoms with E-state index in [1.165, 1.54) is 83.1 Å². The molecule has 1 aromatic rings. The van der Waals surface area contributed by atoms with Crippen LogP contribution in [-0.4, -0.2) is 48.6 Å². The fourth-order valence-corrected chi connectivity index (χ4v) is 5.10. The summed E-state index contributed by atoms with van der Waals surface area (Å²) in [4.78, 5) is 5.35. The summed E-state index contributed by atoms with van der Waals surface area (Å²) in [5, 5.41) is 0. The van der Waals surface area contributed by atoms with Gasteiger partial charge >= 0.3 is 0 Å². The molecule has 2 atom stereocenters. The van der Waals surface area contributed by atoms with Gasteiger partial charge in [0.05, 0.1) is 6.61 Å². The standard InChI is InChI=1S/C22H34N2O/c1-2-14-23(15-3-1)16-6-18-25-21-12-10-19(11-13-21)22-9-4-7-20-8-5-17-24(20)22/h10-13,20,22H,1-9,14-18H2/t20-,22+/m1/s1. The largest absolute Gasteiger partial charge is 0.494 e. The summed E-state index contributed by atoms with van der Waals surface area (Å²) in [5.41, 5.74) is 1.49. The number of hydrogen-bond acceptors (Lipinski definition) is 3. The monoisotopic (exact) mass is 342 g/mol. The van der Waals surface area contributed by atoms with Gasteiger partial charge in [0, 0.05) is 18.6 Å². The molecule has 3 saturated heterocycles. The van der Waals surface area contributed by atoms with Crippen LogP contribution in [0.15, 0.2) is 24.3 Å². The summed E-state index contributed by atoms with van der Waals surface area (Å²) in [6.45, 7) is 5.90. The molecule has 0 bridgehead atoms. The number of fused-ring (bicyclic) bond motifs is 1. The minimum Gasteiger partial charge on any atom is -0.494 e. The third kappa shape index (κ3) is 4.38. The topological polar surface area (TPSA) is 15.7 Å². The molecule has 138 valence electrons. The predicted molar refractivity (Wildman–Crippen MR) is 103 cm³/mol. The number of ether oxygens (including phenoxy) is 1. The number of hydrogen-bond donors (Lipinski definition) is 0. The smallest absolute Gasteiger partial charge is 0.119 e. The van der Waals surface area contributed by atoms with Gasteiger partial charge in [-0.3, -0.25) is 4.90 Å². The quantitative estimate of drug-likeness (QED) is 0.701. The summed E-state index contributed by atoms with van der Waals surface area (Å²) < 4.78 is 5.99. The van der Waals surface area contributed by atoms with Crippen molar-refractivity contribution in [3.05, 3.63) is 29.8 Å². The molecule has 0 N–H and O–H groups in total. The highest BCUT2D eigenvalue weighted by Gasteiger charge is 2.34. The second-order valence-electron chi connectivity index (χ2n) is 8.15. The number of rotatable bonds is 6. The first-order valence-electron chi connectivity index (χ1n) is 10.6. The minimum atomic E-state index is 0.648. The van der Waals surface area contributed by atoms with Gasteiger partial charge in [0.2, 0.25) is 0 Å². The zero-order valence-corrected chi connectivity index (χ0v) is 15.7. The van der Waals surface area contributed by atoms with Crippen molar-refractivity contribution in [1.82, 2.24) is 9.80 Å². The van der Waals surface area contributed by atoms with E-state index in [9.17, 15) is 0 Å². The van der Waals surface area contributed by atoms with Crippen LogP contribution in [0.3, 0.4) is 0 Å². The Labute approximate surface area is 153 Å². The molecule has 1 aromatic carbocycles. The van der Waals surface area contributed by atoms with Crippen molar-refractivity contribution >= 4 is 0 Å². The van der Waals surface area contributed by atoms with Crippen molar-refractivity contribution in [2.45, 2.75) is 69.9 Å². The maximum atomic E-state index is 5.99. The molecule has 4 rings (SSSR count). The Morgan fingerprint density at radius 2 is 1.64 bits per heavy atom. The summed E-state index contributed by atoms with van der Waals surface area (Å²) in [7, 11) is 0. The average Bonchev–Trinajstić information content (AvgIpc) is 3.15. The Morgan fingerprint density at radius 3 is 2.48 bits per heavy atom. The number of nitrogens with zero attached hydrogens (tertiary/aromatic N) is 2. The van der Waals surface area contributed by atoms with E-state index in [2.05, 4.69) is 34.1 Å². The molecule has 0 radical (unpaired) electrons. The lowest BCUT2D eigenvalue weighted by Gasteiger charge is -2.38. The first-order chi connectivity index (χ1) is 12.4. The predicted octanol–water partition coefficient (Wildman–Crippen LogP) is 4.63. The highest BCUT2D eigenvalue weighted by molar-refractivity contribution is 5.29. The molecular formula is C22H34N2O. The Morgan fingerprint density at radius 1 is 0.840 bits per heavy atom. The van der Waals surface area contributed by atoms with Gasteiger partial charge in [-0.15, -0.1) is 0 Å². The van der Waals surface area contributed by atoms with Gasteiger partial charge in [-0.2, -0.15) is 0 Å². The van der Waals surface area contributed by atoms with E-state index >= 15 is 0 Å². The maximum absolute atomic E-state index is 5.99. The second kappa shape index (κ2) is 8.55. The maximum Gasteiger partial charge on any atom is 0.119 e. The molecule has 3 heteroatoms. The zero-order valence-electron chi connectivity index (χ0n) is 15.7. The van der Waals surface area contributed by atoms with Crippen LogP contribution in [0, 0.1) is 0 Å². The lowest BCUT2D eigenvalue weighted by Crippen LogP contribution is -2.37. The van der Waals surface area contributed by atoms with Crippen LogP contribution in [-0.2, 0) is 0 Å². The first-order valence-corrected chi connectivity index (χ1v) is 10.6. The van der Waals surface area contributed by atoms with E-state index in [4.69, 9.17) is 4.74 Å². The molecule has 3 aliphatic heterocycles. The highest BCUT2D eigenvalue weighted by atomic mass is 16.5. The normalized spacial score (nSPS) is 28.0. The molecule has 0 unspecified atom stereocenters. The minimum absolute atomic E-state index is 0.648. The van der Waals surface area contributed by atoms with Crippen molar-refractivity contribution in [2.75, 3.05) is 32.8 Å². The van der Waals surface area contributed by atoms with E-state index in [-0.39, 0.29) is 0 Å². The molecule has 0 spiro atoms. The molecule has 25 heavy (non-hydrogen) atoms. The van der Waals surface area contributed by atoms with Crippen molar-refractivity contribution < 1.29 is 4.74 Å². The van der Waals surface area contributed by atoms with E-state index in [0.29, 0.717) is 6.04 Å². The molecular weight excluding hydrogens is 308 g/mol. The van der Waals surface area contributed by atoms with Gasteiger partial charge in [-0.1, -0.05) is 18.6 Å². The first kappa shape index (κ1) is 17.4. The summed E-state index contributed by atoms with van der Waals surface area (Å²) in [5.74, 6) is 1.04. The van der Waals surface area contributed by atoms with Crippen LogP contribution in [0.5, 0.6) is 5.75 Å². The Balaban J connectivity index is 1.24. The summed E-state index contributed by atoms with van der Waals surface area (Å²) in [6, 6.07) is 10.5. The van der Waals surface area contributed by atoms with Crippen LogP contribution in [0.4, 0.5) is 0 Å². The van der Waals surface area contributed by atoms with Gasteiger partial charge in [-0.25, -0.2) is 0 Å². The van der Waals surface area contributed by atoms with Crippen molar-refractivity contribution in [3.8, 4) is 5.75 Å². The molecule has 3 heterocycles. The van der Waals surface area contributed by atoms with E-state index in [1.807, 2.05) is 0 Å². The van der Waals surface area contributed by atoms with Crippen LogP contribution < -0.4 is 4.74 Å². The Kier molecular flexibility index (Phi) is 5.94. The fraction of sp³-hybridized carbons (Fsp3) is 0.727. The SMILES string of the molecule is c1cc([C@@H]2CCC[C@@H]3CCCN32)ccc1OCCCN1CCCCC1. The van der Waals surface area contributed by atoms with Gasteiger partial charge in [0.25, 0.3) is 0 Å². The van der Waals surface area contributed by atoms with E-state index in [0.717, 1.165) is 24.8 Å². The molecule has 0 aromatic heterocycles. The van der Waals surface area contributed by atoms with E-state index in [1.54, 1.807) is 0 Å². The van der Waals surface area contributed by atoms with Crippen LogP contribution in [0.1, 0.15) is 69.4 Å². The van der Waals surface area contributed by atoms with Crippen molar-refractivity contribution in [2.24, 2.45) is 0 Å². The zero-order chi connectivity index (χ0) is 16.9. The van der Waals surface area contributed by atoms with E-state index < -0.39 is 0 Å². The van der Waals surface area contributed by atoms with Crippen LogP contribution in [0.2, 0.25) is 0 Å². The van der Waals surface area contributed by atoms with Crippen LogP contribution >= 0.6 is 0 Å². The summed E-state index contributed by atoms with van der Waals surface area (Å²) in [6.07, 6.45) is 12.2. The Bertz CT molecular complexity index is 523. The number of likely N-dealkylation sites (tertiary alicyclic amines) is 1. The average molecular weight is 343 g/mol. The Hall–Kier alpha value is -1.06. The number of benzene rings is 1. The lowest BCUT2D eigenvalue weighted by atomic mass is 9.92. The molecule has 3 aliphatic rings. The number of piperidine rings is 2. The van der Waals surface area contributed by atoms with Gasteiger partial charge < -0.3 is 9.64 Å². The van der Waals surface area contributed by atoms with Crippen molar-refractivity contribution in [1.29, 1.82) is 0 Å². The third-order valence-electron chi connectivity index (χ3n) is 6.44. The molecule has 3 fully saturated rings.